The zero-order valence-electron chi connectivity index (χ0n) is 15.3. The molecule has 1 N–H and O–H groups in total. The Balaban J connectivity index is 1.66. The fourth-order valence-electron chi connectivity index (χ4n) is 3.20. The van der Waals surface area contributed by atoms with Gasteiger partial charge >= 0.3 is 6.18 Å². The molecule has 0 amide bonds. The molecule has 0 saturated carbocycles. The molecule has 1 aromatic heterocycles. The van der Waals surface area contributed by atoms with Gasteiger partial charge in [0.05, 0.1) is 11.3 Å². The van der Waals surface area contributed by atoms with Gasteiger partial charge in [-0.1, -0.05) is 6.07 Å². The Bertz CT molecular complexity index is 753. The average Bonchev–Trinajstić information content (AvgIpc) is 3.01. The van der Waals surface area contributed by atoms with E-state index in [-0.39, 0.29) is 12.5 Å². The van der Waals surface area contributed by atoms with E-state index in [1.807, 2.05) is 0 Å². The second-order valence-corrected chi connectivity index (χ2v) is 6.80. The first-order valence-corrected chi connectivity index (χ1v) is 9.06. The number of aliphatic hydroxyl groups excluding tert-OH is 1. The summed E-state index contributed by atoms with van der Waals surface area (Å²) in [6.07, 6.45) is -3.61. The first kappa shape index (κ1) is 19.9. The van der Waals surface area contributed by atoms with Crippen molar-refractivity contribution in [2.45, 2.75) is 26.1 Å². The van der Waals surface area contributed by atoms with Crippen LogP contribution in [0.5, 0.6) is 0 Å². The van der Waals surface area contributed by atoms with Crippen molar-refractivity contribution in [3.8, 4) is 11.5 Å². The van der Waals surface area contributed by atoms with Gasteiger partial charge in [-0.2, -0.15) is 13.2 Å². The van der Waals surface area contributed by atoms with Crippen LogP contribution in [-0.2, 0) is 12.7 Å². The molecular formula is C19H24F3N3O2. The number of aromatic nitrogens is 1. The van der Waals surface area contributed by atoms with E-state index >= 15 is 0 Å². The molecule has 1 aromatic carbocycles. The molecule has 2 heterocycles. The Morgan fingerprint density at radius 1 is 1.15 bits per heavy atom. The van der Waals surface area contributed by atoms with Crippen molar-refractivity contribution in [3.63, 3.8) is 0 Å². The summed E-state index contributed by atoms with van der Waals surface area (Å²) in [5.41, 5.74) is 0.371. The van der Waals surface area contributed by atoms with Gasteiger partial charge in [0, 0.05) is 51.4 Å². The molecule has 1 saturated heterocycles. The molecule has 1 aliphatic heterocycles. The molecule has 2 aromatic rings. The number of hydrogen-bond donors (Lipinski definition) is 1. The summed E-state index contributed by atoms with van der Waals surface area (Å²) in [5, 5.41) is 8.91. The number of piperazine rings is 1. The number of benzene rings is 1. The van der Waals surface area contributed by atoms with E-state index in [2.05, 4.69) is 14.8 Å². The van der Waals surface area contributed by atoms with Crippen LogP contribution in [0, 0.1) is 6.92 Å². The van der Waals surface area contributed by atoms with Crippen molar-refractivity contribution in [2.24, 2.45) is 0 Å². The Morgan fingerprint density at radius 3 is 2.52 bits per heavy atom. The molecule has 8 heteroatoms. The van der Waals surface area contributed by atoms with E-state index in [0.717, 1.165) is 57.0 Å². The van der Waals surface area contributed by atoms with Crippen molar-refractivity contribution < 1.29 is 22.7 Å². The number of halogens is 3. The lowest BCUT2D eigenvalue weighted by atomic mass is 10.1. The highest BCUT2D eigenvalue weighted by Gasteiger charge is 2.31. The number of oxazole rings is 1. The van der Waals surface area contributed by atoms with Crippen LogP contribution in [0.4, 0.5) is 13.2 Å². The van der Waals surface area contributed by atoms with E-state index < -0.39 is 11.7 Å². The van der Waals surface area contributed by atoms with E-state index in [4.69, 9.17) is 9.52 Å². The molecule has 3 rings (SSSR count). The number of aryl methyl sites for hydroxylation is 1. The maximum absolute atomic E-state index is 12.9. The predicted molar refractivity (Wildman–Crippen MR) is 95.1 cm³/mol. The van der Waals surface area contributed by atoms with Crippen molar-refractivity contribution >= 4 is 0 Å². The van der Waals surface area contributed by atoms with Gasteiger partial charge in [-0.3, -0.25) is 4.90 Å². The molecule has 0 unspecified atom stereocenters. The standard InChI is InChI=1S/C19H24F3N3O2/c1-14-17(13-25-9-7-24(8-10-25)6-3-11-26)23-18(27-14)15-4-2-5-16(12-15)19(20,21)22/h2,4-5,12,26H,3,6-11,13H2,1H3. The third-order valence-corrected chi connectivity index (χ3v) is 4.80. The van der Waals surface area contributed by atoms with Gasteiger partial charge in [0.2, 0.25) is 5.89 Å². The maximum Gasteiger partial charge on any atom is 0.416 e. The van der Waals surface area contributed by atoms with E-state index in [1.165, 1.54) is 6.07 Å². The lowest BCUT2D eigenvalue weighted by molar-refractivity contribution is -0.137. The zero-order chi connectivity index (χ0) is 19.4. The Hall–Kier alpha value is -1.90. The number of hydrogen-bond acceptors (Lipinski definition) is 5. The lowest BCUT2D eigenvalue weighted by Crippen LogP contribution is -2.46. The Morgan fingerprint density at radius 2 is 1.85 bits per heavy atom. The smallest absolute Gasteiger partial charge is 0.416 e. The van der Waals surface area contributed by atoms with Crippen molar-refractivity contribution in [1.29, 1.82) is 0 Å². The minimum absolute atomic E-state index is 0.205. The molecule has 0 bridgehead atoms. The SMILES string of the molecule is Cc1oc(-c2cccc(C(F)(F)F)c2)nc1CN1CCN(CCCO)CC1. The van der Waals surface area contributed by atoms with E-state index in [1.54, 1.807) is 13.0 Å². The monoisotopic (exact) mass is 383 g/mol. The predicted octanol–water partition coefficient (Wildman–Crippen LogP) is 3.17. The topological polar surface area (TPSA) is 52.7 Å². The molecule has 148 valence electrons. The van der Waals surface area contributed by atoms with Crippen molar-refractivity contribution in [2.75, 3.05) is 39.3 Å². The summed E-state index contributed by atoms with van der Waals surface area (Å²) in [4.78, 5) is 9.02. The molecule has 0 radical (unpaired) electrons. The summed E-state index contributed by atoms with van der Waals surface area (Å²) in [7, 11) is 0. The molecule has 27 heavy (non-hydrogen) atoms. The number of alkyl halides is 3. The highest BCUT2D eigenvalue weighted by molar-refractivity contribution is 5.55. The van der Waals surface area contributed by atoms with Gasteiger partial charge < -0.3 is 14.4 Å². The second-order valence-electron chi connectivity index (χ2n) is 6.80. The van der Waals surface area contributed by atoms with Gasteiger partial charge in [-0.05, 0) is 31.5 Å². The van der Waals surface area contributed by atoms with Crippen molar-refractivity contribution in [3.05, 3.63) is 41.3 Å². The first-order chi connectivity index (χ1) is 12.9. The molecular weight excluding hydrogens is 359 g/mol. The fraction of sp³-hybridized carbons (Fsp3) is 0.526. The van der Waals surface area contributed by atoms with Gasteiger partial charge in [0.15, 0.2) is 0 Å². The Kier molecular flexibility index (Phi) is 6.18. The number of nitrogens with zero attached hydrogens (tertiary/aromatic N) is 3. The highest BCUT2D eigenvalue weighted by Crippen LogP contribution is 2.32. The third-order valence-electron chi connectivity index (χ3n) is 4.80. The molecule has 1 fully saturated rings. The van der Waals surface area contributed by atoms with Crippen LogP contribution in [0.25, 0.3) is 11.5 Å². The summed E-state index contributed by atoms with van der Waals surface area (Å²) in [6.45, 7) is 7.13. The molecule has 0 spiro atoms. The van der Waals surface area contributed by atoms with Crippen LogP contribution in [0.3, 0.4) is 0 Å². The summed E-state index contributed by atoms with van der Waals surface area (Å²) < 4.78 is 44.4. The number of rotatable bonds is 6. The number of aliphatic hydroxyl groups is 1. The van der Waals surface area contributed by atoms with Gasteiger partial charge in [-0.25, -0.2) is 4.98 Å². The summed E-state index contributed by atoms with van der Waals surface area (Å²) in [6, 6.07) is 5.04. The fourth-order valence-corrected chi connectivity index (χ4v) is 3.20. The molecule has 0 aliphatic carbocycles. The van der Waals surface area contributed by atoms with Gasteiger partial charge in [0.1, 0.15) is 5.76 Å². The summed E-state index contributed by atoms with van der Waals surface area (Å²) >= 11 is 0. The average molecular weight is 383 g/mol. The zero-order valence-corrected chi connectivity index (χ0v) is 15.3. The Labute approximate surface area is 156 Å². The molecule has 0 atom stereocenters. The maximum atomic E-state index is 12.9. The van der Waals surface area contributed by atoms with Crippen LogP contribution in [0.1, 0.15) is 23.4 Å². The summed E-state index contributed by atoms with van der Waals surface area (Å²) in [5.74, 6) is 0.848. The largest absolute Gasteiger partial charge is 0.441 e. The van der Waals surface area contributed by atoms with E-state index in [9.17, 15) is 13.2 Å². The van der Waals surface area contributed by atoms with Crippen LogP contribution in [0.2, 0.25) is 0 Å². The van der Waals surface area contributed by atoms with Crippen LogP contribution >= 0.6 is 0 Å². The minimum atomic E-state index is -4.39. The van der Waals surface area contributed by atoms with E-state index in [0.29, 0.717) is 17.9 Å². The first-order valence-electron chi connectivity index (χ1n) is 9.06. The quantitative estimate of drug-likeness (QED) is 0.831. The third kappa shape index (κ3) is 5.09. The van der Waals surface area contributed by atoms with Crippen molar-refractivity contribution in [1.82, 2.24) is 14.8 Å². The van der Waals surface area contributed by atoms with Crippen LogP contribution in [0.15, 0.2) is 28.7 Å². The molecule has 5 nitrogen and oxygen atoms in total. The minimum Gasteiger partial charge on any atom is -0.441 e. The van der Waals surface area contributed by atoms with Crippen LogP contribution < -0.4 is 0 Å². The lowest BCUT2D eigenvalue weighted by Gasteiger charge is -2.34. The normalized spacial score (nSPS) is 16.8. The highest BCUT2D eigenvalue weighted by atomic mass is 19.4. The second kappa shape index (κ2) is 8.41. The molecule has 1 aliphatic rings. The van der Waals surface area contributed by atoms with Gasteiger partial charge in [0.25, 0.3) is 0 Å². The van der Waals surface area contributed by atoms with Gasteiger partial charge in [-0.15, -0.1) is 0 Å². The van der Waals surface area contributed by atoms with Crippen LogP contribution in [-0.4, -0.2) is 59.2 Å².